The molecule has 0 saturated heterocycles. The van der Waals surface area contributed by atoms with E-state index in [0.29, 0.717) is 11.1 Å². The molecule has 1 aromatic carbocycles. The van der Waals surface area contributed by atoms with Gasteiger partial charge >= 0.3 is 5.97 Å². The Bertz CT molecular complexity index is 507. The molecule has 1 aromatic rings. The third kappa shape index (κ3) is 9.19. The minimum absolute atomic E-state index is 0.342. The number of rotatable bonds is 14. The van der Waals surface area contributed by atoms with E-state index < -0.39 is 12.1 Å². The number of hydrogen-bond acceptors (Lipinski definition) is 3. The van der Waals surface area contributed by atoms with Crippen molar-refractivity contribution in [1.82, 2.24) is 0 Å². The number of carbonyl (C=O) groups excluding carboxylic acids is 1. The Kier molecular flexibility index (Phi) is 12.6. The molecule has 0 amide bonds. The topological polar surface area (TPSA) is 46.5 Å². The monoisotopic (exact) mass is 360 g/mol. The van der Waals surface area contributed by atoms with E-state index >= 15 is 0 Å². The van der Waals surface area contributed by atoms with Gasteiger partial charge in [0.2, 0.25) is 0 Å². The maximum absolute atomic E-state index is 12.0. The molecule has 0 spiro atoms. The lowest BCUT2D eigenvalue weighted by Crippen LogP contribution is -2.13. The zero-order valence-corrected chi connectivity index (χ0v) is 16.6. The van der Waals surface area contributed by atoms with E-state index in [9.17, 15) is 9.90 Å². The van der Waals surface area contributed by atoms with Crippen LogP contribution in [0.25, 0.3) is 0 Å². The van der Waals surface area contributed by atoms with Crippen LogP contribution in [-0.2, 0) is 9.53 Å². The van der Waals surface area contributed by atoms with Gasteiger partial charge in [0, 0.05) is 0 Å². The van der Waals surface area contributed by atoms with E-state index in [2.05, 4.69) is 6.92 Å². The lowest BCUT2D eigenvalue weighted by Gasteiger charge is -2.14. The van der Waals surface area contributed by atoms with E-state index in [4.69, 9.17) is 4.74 Å². The Morgan fingerprint density at radius 3 is 2.04 bits per heavy atom. The minimum Gasteiger partial charge on any atom is -0.466 e. The van der Waals surface area contributed by atoms with Crippen LogP contribution in [0.4, 0.5) is 0 Å². The van der Waals surface area contributed by atoms with Crippen LogP contribution in [0.5, 0.6) is 0 Å². The van der Waals surface area contributed by atoms with Crippen LogP contribution in [0, 0.1) is 0 Å². The Hall–Kier alpha value is -1.61. The van der Waals surface area contributed by atoms with E-state index in [1.165, 1.54) is 64.9 Å². The fraction of sp³-hybridized carbons (Fsp3) is 0.609. The first-order valence-corrected chi connectivity index (χ1v) is 10.2. The van der Waals surface area contributed by atoms with Crippen molar-refractivity contribution < 1.29 is 14.6 Å². The van der Waals surface area contributed by atoms with Crippen LogP contribution in [0.3, 0.4) is 0 Å². The van der Waals surface area contributed by atoms with Gasteiger partial charge in [-0.25, -0.2) is 4.79 Å². The highest BCUT2D eigenvalue weighted by Gasteiger charge is 2.20. The van der Waals surface area contributed by atoms with Gasteiger partial charge in [-0.3, -0.25) is 0 Å². The van der Waals surface area contributed by atoms with Crippen molar-refractivity contribution in [2.45, 2.75) is 83.7 Å². The lowest BCUT2D eigenvalue weighted by molar-refractivity contribution is -0.137. The SMILES string of the molecule is CCCCCCCCCCCCC=C(C(=O)OC)C(O)c1ccccc1. The van der Waals surface area contributed by atoms with Crippen LogP contribution in [0.15, 0.2) is 42.0 Å². The van der Waals surface area contributed by atoms with E-state index in [-0.39, 0.29) is 0 Å². The summed E-state index contributed by atoms with van der Waals surface area (Å²) < 4.78 is 4.84. The Morgan fingerprint density at radius 1 is 0.962 bits per heavy atom. The molecule has 0 aromatic heterocycles. The maximum atomic E-state index is 12.0. The summed E-state index contributed by atoms with van der Waals surface area (Å²) in [7, 11) is 1.36. The molecule has 3 nitrogen and oxygen atoms in total. The summed E-state index contributed by atoms with van der Waals surface area (Å²) >= 11 is 0. The normalized spacial score (nSPS) is 12.8. The molecular formula is C23H36O3. The van der Waals surface area contributed by atoms with Gasteiger partial charge in [0.05, 0.1) is 12.7 Å². The number of aliphatic hydroxyl groups excluding tert-OH is 1. The molecule has 1 unspecified atom stereocenters. The van der Waals surface area contributed by atoms with Crippen molar-refractivity contribution in [2.24, 2.45) is 0 Å². The van der Waals surface area contributed by atoms with E-state index in [1.807, 2.05) is 36.4 Å². The molecule has 0 radical (unpaired) electrons. The summed E-state index contributed by atoms with van der Waals surface area (Å²) in [6.45, 7) is 2.25. The Balaban J connectivity index is 2.30. The predicted octanol–water partition coefficient (Wildman–Crippen LogP) is 6.13. The van der Waals surface area contributed by atoms with Crippen LogP contribution in [0.1, 0.15) is 89.2 Å². The van der Waals surface area contributed by atoms with Gasteiger partial charge in [0.25, 0.3) is 0 Å². The largest absolute Gasteiger partial charge is 0.466 e. The summed E-state index contributed by atoms with van der Waals surface area (Å²) in [5.41, 5.74) is 1.06. The smallest absolute Gasteiger partial charge is 0.336 e. The summed E-state index contributed by atoms with van der Waals surface area (Å²) in [6, 6.07) is 9.25. The number of hydrogen-bond donors (Lipinski definition) is 1. The second-order valence-electron chi connectivity index (χ2n) is 6.93. The molecule has 0 heterocycles. The summed E-state index contributed by atoms with van der Waals surface area (Å²) in [4.78, 5) is 12.0. The van der Waals surface area contributed by atoms with Crippen molar-refractivity contribution in [2.75, 3.05) is 7.11 Å². The average Bonchev–Trinajstić information content (AvgIpc) is 2.68. The number of carbonyl (C=O) groups is 1. The molecule has 0 aliphatic carbocycles. The van der Waals surface area contributed by atoms with Gasteiger partial charge in [-0.15, -0.1) is 0 Å². The van der Waals surface area contributed by atoms with Crippen molar-refractivity contribution in [3.8, 4) is 0 Å². The standard InChI is InChI=1S/C23H36O3/c1-3-4-5-6-7-8-9-10-11-12-16-19-21(23(25)26-2)22(24)20-17-14-13-15-18-20/h13-15,17-19,22,24H,3-12,16H2,1-2H3. The van der Waals surface area contributed by atoms with Crippen LogP contribution >= 0.6 is 0 Å². The van der Waals surface area contributed by atoms with E-state index in [0.717, 1.165) is 12.8 Å². The number of allylic oxidation sites excluding steroid dienone is 1. The van der Waals surface area contributed by atoms with Gasteiger partial charge < -0.3 is 9.84 Å². The summed E-state index contributed by atoms with van der Waals surface area (Å²) in [6.07, 6.45) is 14.6. The molecule has 146 valence electrons. The first-order valence-electron chi connectivity index (χ1n) is 10.2. The molecule has 0 aliphatic heterocycles. The third-order valence-electron chi connectivity index (χ3n) is 4.75. The first-order chi connectivity index (χ1) is 12.7. The third-order valence-corrected chi connectivity index (χ3v) is 4.75. The molecule has 0 bridgehead atoms. The molecule has 3 heteroatoms. The first kappa shape index (κ1) is 22.4. The number of benzene rings is 1. The van der Waals surface area contributed by atoms with Crippen molar-refractivity contribution in [3.63, 3.8) is 0 Å². The number of esters is 1. The Labute approximate surface area is 159 Å². The van der Waals surface area contributed by atoms with Crippen LogP contribution < -0.4 is 0 Å². The molecule has 0 aliphatic rings. The predicted molar refractivity (Wildman–Crippen MR) is 108 cm³/mol. The molecule has 0 fully saturated rings. The summed E-state index contributed by atoms with van der Waals surface area (Å²) in [5, 5.41) is 10.5. The number of unbranched alkanes of at least 4 members (excludes halogenated alkanes) is 10. The van der Waals surface area contributed by atoms with E-state index in [1.54, 1.807) is 0 Å². The zero-order valence-electron chi connectivity index (χ0n) is 16.6. The highest BCUT2D eigenvalue weighted by molar-refractivity contribution is 5.89. The molecule has 1 N–H and O–H groups in total. The van der Waals surface area contributed by atoms with Crippen LogP contribution in [-0.4, -0.2) is 18.2 Å². The molecule has 26 heavy (non-hydrogen) atoms. The quantitative estimate of drug-likeness (QED) is 0.246. The second-order valence-corrected chi connectivity index (χ2v) is 6.93. The molecule has 1 atom stereocenters. The number of aliphatic hydroxyl groups is 1. The molecular weight excluding hydrogens is 324 g/mol. The fourth-order valence-corrected chi connectivity index (χ4v) is 3.13. The fourth-order valence-electron chi connectivity index (χ4n) is 3.13. The van der Waals surface area contributed by atoms with Gasteiger partial charge in [-0.05, 0) is 18.4 Å². The van der Waals surface area contributed by atoms with Crippen molar-refractivity contribution in [3.05, 3.63) is 47.5 Å². The average molecular weight is 361 g/mol. The van der Waals surface area contributed by atoms with Crippen molar-refractivity contribution in [1.29, 1.82) is 0 Å². The number of methoxy groups -OCH3 is 1. The molecule has 1 rings (SSSR count). The second kappa shape index (κ2) is 14.5. The summed E-state index contributed by atoms with van der Waals surface area (Å²) in [5.74, 6) is -0.451. The van der Waals surface area contributed by atoms with Gasteiger partial charge in [-0.2, -0.15) is 0 Å². The van der Waals surface area contributed by atoms with Gasteiger partial charge in [-0.1, -0.05) is 101 Å². The van der Waals surface area contributed by atoms with Crippen LogP contribution in [0.2, 0.25) is 0 Å². The maximum Gasteiger partial charge on any atom is 0.336 e. The highest BCUT2D eigenvalue weighted by Crippen LogP contribution is 2.23. The van der Waals surface area contributed by atoms with Gasteiger partial charge in [0.1, 0.15) is 6.10 Å². The Morgan fingerprint density at radius 2 is 1.50 bits per heavy atom. The highest BCUT2D eigenvalue weighted by atomic mass is 16.5. The minimum atomic E-state index is -0.924. The molecule has 0 saturated carbocycles. The van der Waals surface area contributed by atoms with Gasteiger partial charge in [0.15, 0.2) is 0 Å². The lowest BCUT2D eigenvalue weighted by atomic mass is 9.99. The van der Waals surface area contributed by atoms with Crippen molar-refractivity contribution >= 4 is 5.97 Å². The number of ether oxygens (including phenoxy) is 1. The zero-order chi connectivity index (χ0) is 19.0.